The van der Waals surface area contributed by atoms with E-state index in [-0.39, 0.29) is 0 Å². The Balaban J connectivity index is 2.05. The molecule has 0 saturated heterocycles. The predicted molar refractivity (Wildman–Crippen MR) is 79.6 cm³/mol. The fraction of sp³-hybridized carbons (Fsp3) is 0.0909. The van der Waals surface area contributed by atoms with E-state index in [1.165, 1.54) is 18.1 Å². The van der Waals surface area contributed by atoms with Gasteiger partial charge in [-0.1, -0.05) is 23.2 Å². The molecular weight excluding hydrogens is 319 g/mol. The molecule has 3 aromatic rings. The molecule has 6 nitrogen and oxygen atoms in total. The molecular formula is C11H8Cl2N6S. The highest BCUT2D eigenvalue weighted by molar-refractivity contribution is 7.99. The summed E-state index contributed by atoms with van der Waals surface area (Å²) in [6.07, 6.45) is 3.02. The van der Waals surface area contributed by atoms with E-state index in [2.05, 4.69) is 30.2 Å². The average molecular weight is 327 g/mol. The molecule has 0 saturated carbocycles. The zero-order valence-corrected chi connectivity index (χ0v) is 12.5. The van der Waals surface area contributed by atoms with Crippen LogP contribution in [-0.4, -0.2) is 32.0 Å². The van der Waals surface area contributed by atoms with Gasteiger partial charge in [0.1, 0.15) is 27.7 Å². The number of H-pyrrole nitrogens is 1. The van der Waals surface area contributed by atoms with Gasteiger partial charge in [-0.2, -0.15) is 0 Å². The Morgan fingerprint density at radius 1 is 1.15 bits per heavy atom. The van der Waals surface area contributed by atoms with Crippen LogP contribution < -0.4 is 5.32 Å². The van der Waals surface area contributed by atoms with Crippen LogP contribution in [0.3, 0.4) is 0 Å². The molecule has 0 aromatic carbocycles. The van der Waals surface area contributed by atoms with Crippen LogP contribution in [0.15, 0.2) is 28.8 Å². The van der Waals surface area contributed by atoms with Crippen molar-refractivity contribution in [2.24, 2.45) is 0 Å². The first-order valence-corrected chi connectivity index (χ1v) is 7.12. The van der Waals surface area contributed by atoms with E-state index in [1.54, 1.807) is 19.4 Å². The van der Waals surface area contributed by atoms with Gasteiger partial charge in [0.25, 0.3) is 0 Å². The third kappa shape index (κ3) is 2.39. The molecule has 20 heavy (non-hydrogen) atoms. The SMILES string of the molecule is CNc1nc(Sc2ncnc3nc[nH]c23)c(Cl)cc1Cl. The van der Waals surface area contributed by atoms with E-state index < -0.39 is 0 Å². The minimum absolute atomic E-state index is 0.463. The lowest BCUT2D eigenvalue weighted by molar-refractivity contribution is 1.07. The van der Waals surface area contributed by atoms with E-state index in [0.29, 0.717) is 31.6 Å². The molecule has 0 aliphatic heterocycles. The number of halogens is 2. The van der Waals surface area contributed by atoms with Gasteiger partial charge in [-0.05, 0) is 17.8 Å². The monoisotopic (exact) mass is 326 g/mol. The number of pyridine rings is 1. The molecule has 3 heterocycles. The van der Waals surface area contributed by atoms with Crippen molar-refractivity contribution in [1.82, 2.24) is 24.9 Å². The maximum atomic E-state index is 6.17. The maximum absolute atomic E-state index is 6.17. The van der Waals surface area contributed by atoms with Gasteiger partial charge in [-0.25, -0.2) is 19.9 Å². The number of nitrogens with one attached hydrogen (secondary N) is 2. The van der Waals surface area contributed by atoms with Gasteiger partial charge in [0.05, 0.1) is 16.4 Å². The largest absolute Gasteiger partial charge is 0.372 e. The summed E-state index contributed by atoms with van der Waals surface area (Å²) in [7, 11) is 1.74. The number of anilines is 1. The van der Waals surface area contributed by atoms with Crippen LogP contribution in [0.4, 0.5) is 5.82 Å². The molecule has 9 heteroatoms. The second kappa shape index (κ2) is 5.43. The number of fused-ring (bicyclic) bond motifs is 1. The number of imidazole rings is 1. The van der Waals surface area contributed by atoms with Crippen molar-refractivity contribution >= 4 is 51.9 Å². The lowest BCUT2D eigenvalue weighted by Gasteiger charge is -2.07. The number of aromatic nitrogens is 5. The average Bonchev–Trinajstić information content (AvgIpc) is 2.91. The second-order valence-electron chi connectivity index (χ2n) is 3.74. The summed E-state index contributed by atoms with van der Waals surface area (Å²) in [5.74, 6) is 0.563. The first-order valence-electron chi connectivity index (χ1n) is 5.54. The van der Waals surface area contributed by atoms with Crippen LogP contribution in [0.5, 0.6) is 0 Å². The van der Waals surface area contributed by atoms with Crippen LogP contribution in [0.1, 0.15) is 0 Å². The zero-order valence-electron chi connectivity index (χ0n) is 10.2. The molecule has 0 atom stereocenters. The van der Waals surface area contributed by atoms with Gasteiger partial charge in [-0.3, -0.25) is 0 Å². The van der Waals surface area contributed by atoms with E-state index >= 15 is 0 Å². The normalized spacial score (nSPS) is 10.9. The second-order valence-corrected chi connectivity index (χ2v) is 5.53. The van der Waals surface area contributed by atoms with Gasteiger partial charge in [0, 0.05) is 7.05 Å². The molecule has 3 rings (SSSR count). The third-order valence-electron chi connectivity index (χ3n) is 2.52. The summed E-state index contributed by atoms with van der Waals surface area (Å²) in [5.41, 5.74) is 1.35. The van der Waals surface area contributed by atoms with Gasteiger partial charge in [0.15, 0.2) is 5.65 Å². The first-order chi connectivity index (χ1) is 9.69. The number of aromatic amines is 1. The molecule has 0 aliphatic carbocycles. The lowest BCUT2D eigenvalue weighted by Crippen LogP contribution is -1.96. The standard InChI is InChI=1S/C11H8Cl2N6S/c1-14-8-5(12)2-6(13)10(19-8)20-11-7-9(16-3-15-7)17-4-18-11/h2-4H,1H3,(H,14,19)(H,15,16,17,18). The minimum atomic E-state index is 0.463. The Labute approximate surface area is 128 Å². The van der Waals surface area contributed by atoms with Gasteiger partial charge >= 0.3 is 0 Å². The fourth-order valence-corrected chi connectivity index (χ4v) is 3.01. The molecule has 102 valence electrons. The van der Waals surface area contributed by atoms with Crippen molar-refractivity contribution < 1.29 is 0 Å². The molecule has 2 N–H and O–H groups in total. The summed E-state index contributed by atoms with van der Waals surface area (Å²) in [6.45, 7) is 0. The highest BCUT2D eigenvalue weighted by Gasteiger charge is 2.13. The number of hydrogen-bond acceptors (Lipinski definition) is 6. The quantitative estimate of drug-likeness (QED) is 0.719. The summed E-state index contributed by atoms with van der Waals surface area (Å²) in [4.78, 5) is 19.7. The summed E-state index contributed by atoms with van der Waals surface area (Å²) in [5, 5.41) is 5.15. The predicted octanol–water partition coefficient (Wildman–Crippen LogP) is 3.25. The highest BCUT2D eigenvalue weighted by atomic mass is 35.5. The van der Waals surface area contributed by atoms with Crippen molar-refractivity contribution in [3.05, 3.63) is 28.8 Å². The van der Waals surface area contributed by atoms with Crippen LogP contribution in [0, 0.1) is 0 Å². The van der Waals surface area contributed by atoms with Gasteiger partial charge < -0.3 is 10.3 Å². The van der Waals surface area contributed by atoms with E-state index in [1.807, 2.05) is 0 Å². The first kappa shape index (κ1) is 13.4. The summed E-state index contributed by atoms with van der Waals surface area (Å²) >= 11 is 13.5. The Hall–Kier alpha value is -1.57. The molecule has 0 spiro atoms. The van der Waals surface area contributed by atoms with E-state index in [0.717, 1.165) is 5.52 Å². The topological polar surface area (TPSA) is 79.4 Å². The van der Waals surface area contributed by atoms with Crippen molar-refractivity contribution in [2.45, 2.75) is 10.1 Å². The van der Waals surface area contributed by atoms with Gasteiger partial charge in [-0.15, -0.1) is 0 Å². The molecule has 0 bridgehead atoms. The van der Waals surface area contributed by atoms with E-state index in [4.69, 9.17) is 23.2 Å². The maximum Gasteiger partial charge on any atom is 0.181 e. The van der Waals surface area contributed by atoms with Crippen molar-refractivity contribution in [3.63, 3.8) is 0 Å². The Morgan fingerprint density at radius 3 is 2.80 bits per heavy atom. The Morgan fingerprint density at radius 2 is 2.00 bits per heavy atom. The van der Waals surface area contributed by atoms with E-state index in [9.17, 15) is 0 Å². The Kier molecular flexibility index (Phi) is 3.64. The van der Waals surface area contributed by atoms with Crippen molar-refractivity contribution in [1.29, 1.82) is 0 Å². The summed E-state index contributed by atoms with van der Waals surface area (Å²) < 4.78 is 0. The minimum Gasteiger partial charge on any atom is -0.372 e. The van der Waals surface area contributed by atoms with Crippen LogP contribution >= 0.6 is 35.0 Å². The fourth-order valence-electron chi connectivity index (χ4n) is 1.61. The van der Waals surface area contributed by atoms with Crippen LogP contribution in [-0.2, 0) is 0 Å². The molecule has 3 aromatic heterocycles. The highest BCUT2D eigenvalue weighted by Crippen LogP contribution is 2.36. The smallest absolute Gasteiger partial charge is 0.181 e. The zero-order chi connectivity index (χ0) is 14.1. The number of rotatable bonds is 3. The molecule has 0 aliphatic rings. The van der Waals surface area contributed by atoms with Crippen LogP contribution in [0.25, 0.3) is 11.2 Å². The summed E-state index contributed by atoms with van der Waals surface area (Å²) in [6, 6.07) is 1.65. The Bertz CT molecular complexity index is 775. The number of hydrogen-bond donors (Lipinski definition) is 2. The molecule has 0 fully saturated rings. The van der Waals surface area contributed by atoms with Crippen molar-refractivity contribution in [2.75, 3.05) is 12.4 Å². The number of nitrogens with zero attached hydrogens (tertiary/aromatic N) is 4. The lowest BCUT2D eigenvalue weighted by atomic mass is 10.4. The van der Waals surface area contributed by atoms with Gasteiger partial charge in [0.2, 0.25) is 0 Å². The molecule has 0 amide bonds. The molecule has 0 radical (unpaired) electrons. The third-order valence-corrected chi connectivity index (χ3v) is 4.21. The van der Waals surface area contributed by atoms with Crippen LogP contribution in [0.2, 0.25) is 10.0 Å². The van der Waals surface area contributed by atoms with Crippen molar-refractivity contribution in [3.8, 4) is 0 Å². The molecule has 0 unspecified atom stereocenters.